The Kier molecular flexibility index (Phi) is 7.26. The molecule has 0 aliphatic heterocycles. The van der Waals surface area contributed by atoms with E-state index in [4.69, 9.17) is 14.2 Å². The number of halogens is 3. The lowest BCUT2D eigenvalue weighted by Gasteiger charge is -2.05. The number of methoxy groups -OCH3 is 1. The van der Waals surface area contributed by atoms with Crippen LogP contribution in [0.15, 0.2) is 6.20 Å². The highest BCUT2D eigenvalue weighted by Crippen LogP contribution is 2.19. The van der Waals surface area contributed by atoms with Gasteiger partial charge in [-0.05, 0) is 0 Å². The molecule has 0 fully saturated rings. The van der Waals surface area contributed by atoms with Crippen LogP contribution < -0.4 is 0 Å². The average Bonchev–Trinajstić information content (AvgIpc) is 2.88. The van der Waals surface area contributed by atoms with Gasteiger partial charge in [0.2, 0.25) is 0 Å². The molecule has 0 atom stereocenters. The maximum Gasteiger partial charge on any atom is 0.456 e. The van der Waals surface area contributed by atoms with Crippen LogP contribution in [-0.4, -0.2) is 67.1 Å². The number of carbonyl (C=O) groups excluding carboxylic acids is 1. The van der Waals surface area contributed by atoms with Gasteiger partial charge >= 0.3 is 6.18 Å². The van der Waals surface area contributed by atoms with Crippen molar-refractivity contribution >= 4 is 5.78 Å². The van der Waals surface area contributed by atoms with Crippen LogP contribution in [0.1, 0.15) is 10.5 Å². The maximum absolute atomic E-state index is 12.1. The zero-order valence-electron chi connectivity index (χ0n) is 11.4. The van der Waals surface area contributed by atoms with Crippen LogP contribution in [-0.2, 0) is 20.8 Å². The van der Waals surface area contributed by atoms with Gasteiger partial charge in [-0.1, -0.05) is 5.21 Å². The van der Waals surface area contributed by atoms with Gasteiger partial charge in [-0.3, -0.25) is 4.79 Å². The summed E-state index contributed by atoms with van der Waals surface area (Å²) in [6.45, 7) is 2.10. The van der Waals surface area contributed by atoms with Crippen molar-refractivity contribution < 1.29 is 32.2 Å². The van der Waals surface area contributed by atoms with Crippen molar-refractivity contribution in [3.05, 3.63) is 11.9 Å². The van der Waals surface area contributed by atoms with E-state index in [1.165, 1.54) is 0 Å². The highest BCUT2D eigenvalue weighted by atomic mass is 19.4. The van der Waals surface area contributed by atoms with Gasteiger partial charge in [0.1, 0.15) is 0 Å². The van der Waals surface area contributed by atoms with Crippen LogP contribution in [0.4, 0.5) is 13.2 Å². The number of hydrogen-bond acceptors (Lipinski definition) is 6. The number of alkyl halides is 3. The molecule has 0 saturated carbocycles. The minimum absolute atomic E-state index is 0.191. The van der Waals surface area contributed by atoms with Gasteiger partial charge in [-0.15, -0.1) is 5.10 Å². The number of hydrogen-bond donors (Lipinski definition) is 0. The monoisotopic (exact) mass is 311 g/mol. The average molecular weight is 311 g/mol. The molecule has 0 aliphatic carbocycles. The van der Waals surface area contributed by atoms with Crippen LogP contribution in [0.25, 0.3) is 0 Å². The van der Waals surface area contributed by atoms with E-state index in [-0.39, 0.29) is 13.2 Å². The molecule has 0 unspecified atom stereocenters. The van der Waals surface area contributed by atoms with Gasteiger partial charge in [0.15, 0.2) is 5.69 Å². The zero-order valence-corrected chi connectivity index (χ0v) is 11.4. The summed E-state index contributed by atoms with van der Waals surface area (Å²) in [6, 6.07) is 0. The Hall–Kier alpha value is -1.52. The van der Waals surface area contributed by atoms with Gasteiger partial charge in [0, 0.05) is 7.11 Å². The number of carbonyl (C=O) groups is 1. The molecule has 1 aromatic rings. The van der Waals surface area contributed by atoms with E-state index in [1.807, 2.05) is 0 Å². The van der Waals surface area contributed by atoms with E-state index in [0.29, 0.717) is 26.4 Å². The van der Waals surface area contributed by atoms with Gasteiger partial charge in [-0.2, -0.15) is 13.2 Å². The summed E-state index contributed by atoms with van der Waals surface area (Å²) >= 11 is 0. The molecule has 7 nitrogen and oxygen atoms in total. The maximum atomic E-state index is 12.1. The molecule has 0 spiro atoms. The fourth-order valence-electron chi connectivity index (χ4n) is 1.28. The van der Waals surface area contributed by atoms with E-state index in [1.54, 1.807) is 7.11 Å². The van der Waals surface area contributed by atoms with E-state index in [0.717, 1.165) is 10.9 Å². The lowest BCUT2D eigenvalue weighted by atomic mass is 10.3. The molecule has 10 heteroatoms. The van der Waals surface area contributed by atoms with Crippen molar-refractivity contribution in [3.63, 3.8) is 0 Å². The minimum atomic E-state index is -4.95. The third-order valence-corrected chi connectivity index (χ3v) is 2.30. The Morgan fingerprint density at radius 1 is 1.19 bits per heavy atom. The summed E-state index contributed by atoms with van der Waals surface area (Å²) in [5.74, 6) is -2.01. The van der Waals surface area contributed by atoms with E-state index in [9.17, 15) is 18.0 Å². The van der Waals surface area contributed by atoms with Gasteiger partial charge in [-0.25, -0.2) is 4.68 Å². The number of ether oxygens (including phenoxy) is 3. The van der Waals surface area contributed by atoms with E-state index in [2.05, 4.69) is 10.3 Å². The molecule has 0 radical (unpaired) electrons. The number of aromatic nitrogens is 3. The van der Waals surface area contributed by atoms with Crippen molar-refractivity contribution in [1.82, 2.24) is 15.0 Å². The molecule has 0 N–H and O–H groups in total. The van der Waals surface area contributed by atoms with Crippen molar-refractivity contribution in [2.75, 3.05) is 40.1 Å². The molecule has 0 aliphatic rings. The third-order valence-electron chi connectivity index (χ3n) is 2.30. The Balaban J connectivity index is 2.19. The first kappa shape index (κ1) is 17.5. The number of ketones is 1. The molecule has 1 heterocycles. The summed E-state index contributed by atoms with van der Waals surface area (Å²) < 4.78 is 52.7. The van der Waals surface area contributed by atoms with Crippen molar-refractivity contribution in [2.45, 2.75) is 12.7 Å². The summed E-state index contributed by atoms with van der Waals surface area (Å²) in [4.78, 5) is 10.9. The van der Waals surface area contributed by atoms with Crippen LogP contribution in [0, 0.1) is 0 Å². The molecule has 0 amide bonds. The molecular weight excluding hydrogens is 295 g/mol. The first-order chi connectivity index (χ1) is 9.95. The van der Waals surface area contributed by atoms with Gasteiger partial charge < -0.3 is 14.2 Å². The van der Waals surface area contributed by atoms with Crippen LogP contribution >= 0.6 is 0 Å². The molecule has 1 aromatic heterocycles. The third kappa shape index (κ3) is 6.65. The Bertz CT molecular complexity index is 437. The highest BCUT2D eigenvalue weighted by Gasteiger charge is 2.41. The number of Topliss-reactive ketones (excluding diaryl/α,β-unsaturated/α-hetero) is 1. The first-order valence-electron chi connectivity index (χ1n) is 6.11. The molecule has 21 heavy (non-hydrogen) atoms. The van der Waals surface area contributed by atoms with E-state index < -0.39 is 17.7 Å². The van der Waals surface area contributed by atoms with Crippen molar-refractivity contribution in [3.8, 4) is 0 Å². The quantitative estimate of drug-likeness (QED) is 0.468. The lowest BCUT2D eigenvalue weighted by Crippen LogP contribution is -2.23. The Morgan fingerprint density at radius 2 is 1.81 bits per heavy atom. The molecule has 1 rings (SSSR count). The Labute approximate surface area is 119 Å². The SMILES string of the molecule is COCCOCCOCCn1cc(C(=O)C(F)(F)F)nn1. The predicted molar refractivity (Wildman–Crippen MR) is 63.9 cm³/mol. The van der Waals surface area contributed by atoms with Crippen molar-refractivity contribution in [1.29, 1.82) is 0 Å². The predicted octanol–water partition coefficient (Wildman–Crippen LogP) is 0.703. The largest absolute Gasteiger partial charge is 0.456 e. The fraction of sp³-hybridized carbons (Fsp3) is 0.727. The van der Waals surface area contributed by atoms with Gasteiger partial charge in [0.25, 0.3) is 5.78 Å². The topological polar surface area (TPSA) is 75.5 Å². The summed E-state index contributed by atoms with van der Waals surface area (Å²) in [5.41, 5.74) is -0.731. The van der Waals surface area contributed by atoms with E-state index >= 15 is 0 Å². The molecule has 0 bridgehead atoms. The fourth-order valence-corrected chi connectivity index (χ4v) is 1.28. The van der Waals surface area contributed by atoms with Gasteiger partial charge in [0.05, 0.1) is 45.8 Å². The molecule has 120 valence electrons. The smallest absolute Gasteiger partial charge is 0.382 e. The molecular formula is C11H16F3N3O4. The zero-order chi connectivity index (χ0) is 15.7. The lowest BCUT2D eigenvalue weighted by molar-refractivity contribution is -0.0888. The highest BCUT2D eigenvalue weighted by molar-refractivity contribution is 5.98. The van der Waals surface area contributed by atoms with Crippen LogP contribution in [0.3, 0.4) is 0 Å². The Morgan fingerprint density at radius 3 is 2.43 bits per heavy atom. The van der Waals surface area contributed by atoms with Crippen molar-refractivity contribution in [2.24, 2.45) is 0 Å². The summed E-state index contributed by atoms with van der Waals surface area (Å²) in [7, 11) is 1.57. The van der Waals surface area contributed by atoms with Crippen LogP contribution in [0.2, 0.25) is 0 Å². The first-order valence-corrected chi connectivity index (χ1v) is 6.11. The second kappa shape index (κ2) is 8.70. The van der Waals surface area contributed by atoms with Crippen LogP contribution in [0.5, 0.6) is 0 Å². The molecule has 0 aromatic carbocycles. The summed E-state index contributed by atoms with van der Waals surface area (Å²) in [6.07, 6.45) is -4.01. The minimum Gasteiger partial charge on any atom is -0.382 e. The summed E-state index contributed by atoms with van der Waals surface area (Å²) in [5, 5.41) is 6.61. The number of rotatable bonds is 10. The normalized spacial score (nSPS) is 11.8. The standard InChI is InChI=1S/C11H16F3N3O4/c1-19-4-5-21-7-6-20-3-2-17-8-9(15-16-17)10(18)11(12,13)14/h8H,2-7H2,1H3. The second-order valence-corrected chi connectivity index (χ2v) is 3.91. The number of nitrogens with zero attached hydrogens (tertiary/aromatic N) is 3. The molecule has 0 saturated heterocycles. The second-order valence-electron chi connectivity index (χ2n) is 3.91.